The maximum Gasteiger partial charge on any atom is 0.0797 e. The minimum absolute atomic E-state index is 1.13. The molecule has 0 aliphatic heterocycles. The molecule has 3 heteroatoms. The number of nitrogens with one attached hydrogen (secondary N) is 1. The van der Waals surface area contributed by atoms with Crippen LogP contribution in [0.2, 0.25) is 0 Å². The minimum Gasteiger partial charge on any atom is -0.388 e. The highest BCUT2D eigenvalue weighted by atomic mass is 32.1. The second-order valence-corrected chi connectivity index (χ2v) is 3.58. The van der Waals surface area contributed by atoms with E-state index in [0.29, 0.717) is 0 Å². The van der Waals surface area contributed by atoms with Gasteiger partial charge in [0.2, 0.25) is 0 Å². The van der Waals surface area contributed by atoms with Gasteiger partial charge in [0.1, 0.15) is 0 Å². The van der Waals surface area contributed by atoms with E-state index in [1.807, 2.05) is 18.8 Å². The van der Waals surface area contributed by atoms with Gasteiger partial charge in [-0.15, -0.1) is 11.3 Å². The largest absolute Gasteiger partial charge is 0.388 e. The van der Waals surface area contributed by atoms with Crippen LogP contribution in [0.1, 0.15) is 0 Å². The zero-order valence-electron chi connectivity index (χ0n) is 7.32. The van der Waals surface area contributed by atoms with Gasteiger partial charge in [-0.25, -0.2) is 0 Å². The lowest BCUT2D eigenvalue weighted by Crippen LogP contribution is -1.86. The van der Waals surface area contributed by atoms with Gasteiger partial charge in [-0.2, -0.15) is 0 Å². The van der Waals surface area contributed by atoms with Crippen LogP contribution in [0.25, 0.3) is 10.4 Å². The third-order valence-corrected chi connectivity index (χ3v) is 2.71. The Bertz CT molecular complexity index is 364. The summed E-state index contributed by atoms with van der Waals surface area (Å²) in [6.07, 6.45) is 1.89. The lowest BCUT2D eigenvalue weighted by atomic mass is 10.2. The summed E-state index contributed by atoms with van der Waals surface area (Å²) in [5.41, 5.74) is 4.20. The quantitative estimate of drug-likeness (QED) is 0.787. The second kappa shape index (κ2) is 3.58. The molecule has 0 atom stereocenters. The maximum atomic E-state index is 4.04. The van der Waals surface area contributed by atoms with Gasteiger partial charge < -0.3 is 5.32 Å². The average Bonchev–Trinajstić information content (AvgIpc) is 2.71. The summed E-state index contributed by atoms with van der Waals surface area (Å²) < 4.78 is 0. The first-order valence-electron chi connectivity index (χ1n) is 4.07. The van der Waals surface area contributed by atoms with E-state index in [4.69, 9.17) is 0 Å². The normalized spacial score (nSPS) is 9.92. The van der Waals surface area contributed by atoms with Gasteiger partial charge in [-0.1, -0.05) is 12.1 Å². The van der Waals surface area contributed by atoms with E-state index in [1.54, 1.807) is 11.3 Å². The standard InChI is InChI=1S/C10H10N2S/c1-11-9-4-2-8(3-5-9)10-6-12-7-13-10/h2-7,11H,1H3. The Morgan fingerprint density at radius 3 is 2.54 bits per heavy atom. The summed E-state index contributed by atoms with van der Waals surface area (Å²) in [5.74, 6) is 0. The zero-order chi connectivity index (χ0) is 9.10. The van der Waals surface area contributed by atoms with Crippen LogP contribution in [0.5, 0.6) is 0 Å². The van der Waals surface area contributed by atoms with Crippen molar-refractivity contribution in [2.24, 2.45) is 0 Å². The van der Waals surface area contributed by atoms with E-state index in [1.165, 1.54) is 10.4 Å². The van der Waals surface area contributed by atoms with Crippen molar-refractivity contribution in [2.75, 3.05) is 12.4 Å². The molecule has 0 radical (unpaired) electrons. The van der Waals surface area contributed by atoms with Crippen LogP contribution in [-0.4, -0.2) is 12.0 Å². The van der Waals surface area contributed by atoms with Crippen LogP contribution in [-0.2, 0) is 0 Å². The predicted octanol–water partition coefficient (Wildman–Crippen LogP) is 2.85. The molecule has 1 aromatic heterocycles. The van der Waals surface area contributed by atoms with Crippen molar-refractivity contribution >= 4 is 17.0 Å². The molecule has 1 N–H and O–H groups in total. The van der Waals surface area contributed by atoms with Crippen molar-refractivity contribution in [1.82, 2.24) is 4.98 Å². The minimum atomic E-state index is 1.13. The fourth-order valence-corrected chi connectivity index (χ4v) is 1.79. The fraction of sp³-hybridized carbons (Fsp3) is 0.100. The first-order valence-corrected chi connectivity index (χ1v) is 4.95. The zero-order valence-corrected chi connectivity index (χ0v) is 8.14. The number of anilines is 1. The molecule has 13 heavy (non-hydrogen) atoms. The molecule has 0 bridgehead atoms. The van der Waals surface area contributed by atoms with Crippen molar-refractivity contribution in [2.45, 2.75) is 0 Å². The van der Waals surface area contributed by atoms with E-state index in [0.717, 1.165) is 5.69 Å². The topological polar surface area (TPSA) is 24.9 Å². The molecule has 0 saturated heterocycles. The fourth-order valence-electron chi connectivity index (χ4n) is 1.16. The summed E-state index contributed by atoms with van der Waals surface area (Å²) in [4.78, 5) is 5.25. The van der Waals surface area contributed by atoms with Gasteiger partial charge in [0, 0.05) is 18.9 Å². The summed E-state index contributed by atoms with van der Waals surface area (Å²) in [6.45, 7) is 0. The molecule has 0 unspecified atom stereocenters. The molecule has 0 aliphatic carbocycles. The van der Waals surface area contributed by atoms with Gasteiger partial charge in [0.25, 0.3) is 0 Å². The Morgan fingerprint density at radius 1 is 1.23 bits per heavy atom. The van der Waals surface area contributed by atoms with Crippen molar-refractivity contribution in [3.8, 4) is 10.4 Å². The summed E-state index contributed by atoms with van der Waals surface area (Å²) >= 11 is 1.66. The Hall–Kier alpha value is -1.35. The van der Waals surface area contributed by atoms with Crippen LogP contribution >= 0.6 is 11.3 Å². The molecular formula is C10H10N2S. The van der Waals surface area contributed by atoms with Crippen molar-refractivity contribution in [1.29, 1.82) is 0 Å². The molecule has 2 aromatic rings. The van der Waals surface area contributed by atoms with Crippen LogP contribution < -0.4 is 5.32 Å². The molecule has 0 amide bonds. The highest BCUT2D eigenvalue weighted by molar-refractivity contribution is 7.13. The first-order chi connectivity index (χ1) is 6.40. The maximum absolute atomic E-state index is 4.04. The van der Waals surface area contributed by atoms with Gasteiger partial charge in [0.15, 0.2) is 0 Å². The molecule has 2 rings (SSSR count). The van der Waals surface area contributed by atoms with Crippen LogP contribution in [0.3, 0.4) is 0 Å². The average molecular weight is 190 g/mol. The van der Waals surface area contributed by atoms with Gasteiger partial charge in [0.05, 0.1) is 10.4 Å². The van der Waals surface area contributed by atoms with E-state index < -0.39 is 0 Å². The van der Waals surface area contributed by atoms with Crippen molar-refractivity contribution < 1.29 is 0 Å². The molecule has 0 fully saturated rings. The van der Waals surface area contributed by atoms with Crippen molar-refractivity contribution in [3.63, 3.8) is 0 Å². The highest BCUT2D eigenvalue weighted by Crippen LogP contribution is 2.24. The molecule has 2 nitrogen and oxygen atoms in total. The molecule has 0 saturated carbocycles. The Balaban J connectivity index is 2.33. The summed E-state index contributed by atoms with van der Waals surface area (Å²) in [7, 11) is 1.92. The van der Waals surface area contributed by atoms with E-state index >= 15 is 0 Å². The number of rotatable bonds is 2. The first kappa shape index (κ1) is 8.26. The van der Waals surface area contributed by atoms with Crippen LogP contribution in [0.4, 0.5) is 5.69 Å². The van der Waals surface area contributed by atoms with Gasteiger partial charge >= 0.3 is 0 Å². The monoisotopic (exact) mass is 190 g/mol. The number of nitrogens with zero attached hydrogens (tertiary/aromatic N) is 1. The predicted molar refractivity (Wildman–Crippen MR) is 57.1 cm³/mol. The number of aromatic nitrogens is 1. The van der Waals surface area contributed by atoms with Crippen LogP contribution in [0, 0.1) is 0 Å². The molecule has 66 valence electrons. The summed E-state index contributed by atoms with van der Waals surface area (Å²) in [6, 6.07) is 8.32. The molecule has 0 spiro atoms. The highest BCUT2D eigenvalue weighted by Gasteiger charge is 1.97. The van der Waals surface area contributed by atoms with Gasteiger partial charge in [-0.05, 0) is 17.7 Å². The molecule has 1 heterocycles. The third kappa shape index (κ3) is 1.70. The lowest BCUT2D eigenvalue weighted by Gasteiger charge is -2.00. The van der Waals surface area contributed by atoms with E-state index in [2.05, 4.69) is 34.6 Å². The molecular weight excluding hydrogens is 180 g/mol. The molecule has 1 aromatic carbocycles. The summed E-state index contributed by atoms with van der Waals surface area (Å²) in [5, 5.41) is 3.09. The third-order valence-electron chi connectivity index (χ3n) is 1.89. The Labute approximate surface area is 81.3 Å². The SMILES string of the molecule is CNc1ccc(-c2cncs2)cc1. The van der Waals surface area contributed by atoms with Gasteiger partial charge in [-0.3, -0.25) is 4.98 Å². The Morgan fingerprint density at radius 2 is 2.00 bits per heavy atom. The smallest absolute Gasteiger partial charge is 0.0797 e. The lowest BCUT2D eigenvalue weighted by molar-refractivity contribution is 1.42. The van der Waals surface area contributed by atoms with Crippen molar-refractivity contribution in [3.05, 3.63) is 36.0 Å². The Kier molecular flexibility index (Phi) is 2.27. The second-order valence-electron chi connectivity index (χ2n) is 2.69. The number of thiazole rings is 1. The number of benzene rings is 1. The van der Waals surface area contributed by atoms with E-state index in [-0.39, 0.29) is 0 Å². The van der Waals surface area contributed by atoms with E-state index in [9.17, 15) is 0 Å². The number of hydrogen-bond donors (Lipinski definition) is 1. The molecule has 0 aliphatic rings. The van der Waals surface area contributed by atoms with Crippen LogP contribution in [0.15, 0.2) is 36.0 Å². The number of hydrogen-bond acceptors (Lipinski definition) is 3.